The Morgan fingerprint density at radius 1 is 0.818 bits per heavy atom. The molecule has 0 radical (unpaired) electrons. The molecule has 0 aromatic heterocycles. The highest BCUT2D eigenvalue weighted by Crippen LogP contribution is 2.37. The Bertz CT molecular complexity index is 800. The van der Waals surface area contributed by atoms with Gasteiger partial charge in [-0.05, 0) is 29.3 Å². The molecule has 0 saturated heterocycles. The fourth-order valence-electron chi connectivity index (χ4n) is 2.44. The van der Waals surface area contributed by atoms with Crippen LogP contribution in [0.15, 0.2) is 66.7 Å². The summed E-state index contributed by atoms with van der Waals surface area (Å²) in [6.45, 7) is 0. The summed E-state index contributed by atoms with van der Waals surface area (Å²) < 4.78 is 19.7. The Morgan fingerprint density at radius 3 is 2.32 bits per heavy atom. The van der Waals surface area contributed by atoms with Crippen LogP contribution in [0, 0.1) is 5.82 Å². The molecule has 0 unspecified atom stereocenters. The van der Waals surface area contributed by atoms with E-state index in [9.17, 15) is 4.39 Å². The van der Waals surface area contributed by atoms with Gasteiger partial charge in [0.1, 0.15) is 11.6 Å². The number of hydrogen-bond donors (Lipinski definition) is 0. The van der Waals surface area contributed by atoms with E-state index in [2.05, 4.69) is 0 Å². The maximum absolute atomic E-state index is 14.4. The van der Waals surface area contributed by atoms with Crippen molar-refractivity contribution in [3.8, 4) is 28.0 Å². The number of hydrogen-bond acceptors (Lipinski definition) is 1. The van der Waals surface area contributed by atoms with Gasteiger partial charge in [-0.1, -0.05) is 60.1 Å². The smallest absolute Gasteiger partial charge is 0.149 e. The summed E-state index contributed by atoms with van der Waals surface area (Å²) in [4.78, 5) is 0. The van der Waals surface area contributed by atoms with E-state index < -0.39 is 5.82 Å². The largest absolute Gasteiger partial charge is 0.496 e. The van der Waals surface area contributed by atoms with Gasteiger partial charge in [0.15, 0.2) is 0 Å². The first-order valence-electron chi connectivity index (χ1n) is 6.88. The van der Waals surface area contributed by atoms with Crippen molar-refractivity contribution in [1.82, 2.24) is 0 Å². The Morgan fingerprint density at radius 2 is 1.59 bits per heavy atom. The molecule has 3 rings (SSSR count). The Balaban J connectivity index is 2.19. The molecule has 0 aliphatic rings. The van der Waals surface area contributed by atoms with Gasteiger partial charge >= 0.3 is 0 Å². The quantitative estimate of drug-likeness (QED) is 0.592. The first-order chi connectivity index (χ1) is 10.7. The minimum absolute atomic E-state index is 0.102. The monoisotopic (exact) mass is 312 g/mol. The summed E-state index contributed by atoms with van der Waals surface area (Å²) in [5.74, 6) is 0.175. The second-order valence-corrected chi connectivity index (χ2v) is 5.29. The van der Waals surface area contributed by atoms with Crippen molar-refractivity contribution in [2.24, 2.45) is 0 Å². The summed E-state index contributed by atoms with van der Waals surface area (Å²) >= 11 is 5.90. The van der Waals surface area contributed by atoms with Crippen LogP contribution >= 0.6 is 11.6 Å². The molecule has 0 amide bonds. The second-order valence-electron chi connectivity index (χ2n) is 4.88. The van der Waals surface area contributed by atoms with Gasteiger partial charge in [0.25, 0.3) is 0 Å². The van der Waals surface area contributed by atoms with Crippen molar-refractivity contribution in [3.05, 3.63) is 77.6 Å². The lowest BCUT2D eigenvalue weighted by molar-refractivity contribution is 0.416. The molecule has 0 saturated carbocycles. The number of halogens is 2. The molecule has 3 aromatic rings. The fourth-order valence-corrected chi connectivity index (χ4v) is 2.61. The van der Waals surface area contributed by atoms with E-state index in [4.69, 9.17) is 16.3 Å². The lowest BCUT2D eigenvalue weighted by Crippen LogP contribution is -1.92. The predicted octanol–water partition coefficient (Wildman–Crippen LogP) is 5.82. The standard InChI is InChI=1S/C19H14ClFO/c1-22-18-11-10-14(13-6-3-2-4-7-13)12-16(18)15-8-5-9-17(20)19(15)21/h2-12H,1H3. The van der Waals surface area contributed by atoms with Crippen molar-refractivity contribution in [2.45, 2.75) is 0 Å². The summed E-state index contributed by atoms with van der Waals surface area (Å²) in [6, 6.07) is 20.6. The highest BCUT2D eigenvalue weighted by Gasteiger charge is 2.14. The Kier molecular flexibility index (Phi) is 4.12. The van der Waals surface area contributed by atoms with Gasteiger partial charge in [0.05, 0.1) is 12.1 Å². The van der Waals surface area contributed by atoms with Crippen LogP contribution in [0.3, 0.4) is 0 Å². The van der Waals surface area contributed by atoms with E-state index in [-0.39, 0.29) is 5.02 Å². The van der Waals surface area contributed by atoms with Crippen LogP contribution in [0.1, 0.15) is 0 Å². The van der Waals surface area contributed by atoms with Crippen LogP contribution < -0.4 is 4.74 Å². The molecule has 0 fully saturated rings. The van der Waals surface area contributed by atoms with Gasteiger partial charge < -0.3 is 4.74 Å². The summed E-state index contributed by atoms with van der Waals surface area (Å²) in [6.07, 6.45) is 0. The van der Waals surface area contributed by atoms with Gasteiger partial charge in [0, 0.05) is 11.1 Å². The summed E-state index contributed by atoms with van der Waals surface area (Å²) in [5.41, 5.74) is 3.18. The summed E-state index contributed by atoms with van der Waals surface area (Å²) in [5, 5.41) is 0.102. The SMILES string of the molecule is COc1ccc(-c2ccccc2)cc1-c1cccc(Cl)c1F. The number of benzene rings is 3. The first-order valence-corrected chi connectivity index (χ1v) is 7.26. The molecule has 0 aliphatic heterocycles. The number of ether oxygens (including phenoxy) is 1. The lowest BCUT2D eigenvalue weighted by Gasteiger charge is -2.12. The van der Waals surface area contributed by atoms with E-state index in [1.165, 1.54) is 6.07 Å². The molecule has 0 N–H and O–H groups in total. The number of rotatable bonds is 3. The topological polar surface area (TPSA) is 9.23 Å². The maximum atomic E-state index is 14.4. The van der Waals surface area contributed by atoms with E-state index >= 15 is 0 Å². The molecule has 110 valence electrons. The zero-order chi connectivity index (χ0) is 15.5. The molecule has 0 atom stereocenters. The van der Waals surface area contributed by atoms with Crippen molar-refractivity contribution in [2.75, 3.05) is 7.11 Å². The van der Waals surface area contributed by atoms with Gasteiger partial charge in [-0.2, -0.15) is 0 Å². The molecular formula is C19H14ClFO. The molecule has 3 aromatic carbocycles. The average Bonchev–Trinajstić information content (AvgIpc) is 2.57. The van der Waals surface area contributed by atoms with E-state index in [1.807, 2.05) is 48.5 Å². The van der Waals surface area contributed by atoms with E-state index in [0.717, 1.165) is 11.1 Å². The fraction of sp³-hybridized carbons (Fsp3) is 0.0526. The third-order valence-corrected chi connectivity index (χ3v) is 3.84. The normalized spacial score (nSPS) is 10.5. The van der Waals surface area contributed by atoms with Gasteiger partial charge in [0.2, 0.25) is 0 Å². The van der Waals surface area contributed by atoms with Crippen molar-refractivity contribution >= 4 is 11.6 Å². The highest BCUT2D eigenvalue weighted by atomic mass is 35.5. The summed E-state index contributed by atoms with van der Waals surface area (Å²) in [7, 11) is 1.57. The van der Waals surface area contributed by atoms with Crippen LogP contribution in [0.4, 0.5) is 4.39 Å². The van der Waals surface area contributed by atoms with E-state index in [0.29, 0.717) is 16.9 Å². The second kappa shape index (κ2) is 6.20. The van der Waals surface area contributed by atoms with Crippen LogP contribution in [0.5, 0.6) is 5.75 Å². The van der Waals surface area contributed by atoms with Crippen molar-refractivity contribution in [3.63, 3.8) is 0 Å². The molecular weight excluding hydrogens is 299 g/mol. The minimum atomic E-state index is -0.437. The van der Waals surface area contributed by atoms with Crippen molar-refractivity contribution < 1.29 is 9.13 Å². The third kappa shape index (κ3) is 2.70. The molecule has 0 bridgehead atoms. The van der Waals surface area contributed by atoms with E-state index in [1.54, 1.807) is 19.2 Å². The van der Waals surface area contributed by atoms with Crippen molar-refractivity contribution in [1.29, 1.82) is 0 Å². The van der Waals surface area contributed by atoms with Gasteiger partial charge in [-0.25, -0.2) is 4.39 Å². The maximum Gasteiger partial charge on any atom is 0.149 e. The zero-order valence-corrected chi connectivity index (χ0v) is 12.8. The molecule has 0 aliphatic carbocycles. The first kappa shape index (κ1) is 14.6. The van der Waals surface area contributed by atoms with Crippen LogP contribution in [-0.4, -0.2) is 7.11 Å². The molecule has 1 nitrogen and oxygen atoms in total. The molecule has 22 heavy (non-hydrogen) atoms. The van der Waals surface area contributed by atoms with Gasteiger partial charge in [-0.3, -0.25) is 0 Å². The highest BCUT2D eigenvalue weighted by molar-refractivity contribution is 6.31. The minimum Gasteiger partial charge on any atom is -0.496 e. The average molecular weight is 313 g/mol. The van der Waals surface area contributed by atoms with Gasteiger partial charge in [-0.15, -0.1) is 0 Å². The van der Waals surface area contributed by atoms with Crippen LogP contribution in [0.25, 0.3) is 22.3 Å². The third-order valence-electron chi connectivity index (χ3n) is 3.55. The van der Waals surface area contributed by atoms with Crippen LogP contribution in [-0.2, 0) is 0 Å². The predicted molar refractivity (Wildman–Crippen MR) is 88.8 cm³/mol. The molecule has 3 heteroatoms. The number of methoxy groups -OCH3 is 1. The lowest BCUT2D eigenvalue weighted by atomic mass is 9.98. The molecule has 0 heterocycles. The molecule has 0 spiro atoms. The zero-order valence-electron chi connectivity index (χ0n) is 12.0. The Hall–Kier alpha value is -2.32. The Labute approximate surface area is 133 Å². The van der Waals surface area contributed by atoms with Crippen LogP contribution in [0.2, 0.25) is 5.02 Å².